The van der Waals surface area contributed by atoms with Crippen LogP contribution in [0.2, 0.25) is 0 Å². The molecule has 1 amide bonds. The van der Waals surface area contributed by atoms with Crippen LogP contribution >= 0.6 is 0 Å². The molecule has 160 valence electrons. The summed E-state index contributed by atoms with van der Waals surface area (Å²) >= 11 is 0. The molecule has 0 atom stereocenters. The minimum Gasteiger partial charge on any atom is -0.490 e. The molecule has 1 N–H and O–H groups in total. The molecule has 0 bridgehead atoms. The summed E-state index contributed by atoms with van der Waals surface area (Å²) < 4.78 is 32.7. The molecule has 0 spiro atoms. The second kappa shape index (κ2) is 9.49. The predicted molar refractivity (Wildman–Crippen MR) is 123 cm³/mol. The predicted octanol–water partition coefficient (Wildman–Crippen LogP) is 4.64. The van der Waals surface area contributed by atoms with Crippen LogP contribution in [-0.2, 0) is 10.0 Å². The maximum Gasteiger partial charge on any atom is 0.264 e. The van der Waals surface area contributed by atoms with Gasteiger partial charge in [0.05, 0.1) is 10.6 Å². The van der Waals surface area contributed by atoms with E-state index in [0.717, 1.165) is 5.56 Å². The van der Waals surface area contributed by atoms with Gasteiger partial charge in [0.15, 0.2) is 0 Å². The number of ether oxygens (including phenoxy) is 1. The molecule has 0 aliphatic carbocycles. The quantitative estimate of drug-likeness (QED) is 0.522. The normalized spacial score (nSPS) is 10.9. The molecule has 3 aromatic rings. The molecule has 0 radical (unpaired) electrons. The van der Waals surface area contributed by atoms with Gasteiger partial charge in [-0.25, -0.2) is 8.42 Å². The van der Waals surface area contributed by atoms with Crippen molar-refractivity contribution in [1.82, 2.24) is 0 Å². The number of amides is 1. The third kappa shape index (κ3) is 5.32. The topological polar surface area (TPSA) is 75.7 Å². The summed E-state index contributed by atoms with van der Waals surface area (Å²) in [6, 6.07) is 20.0. The Hall–Kier alpha value is -3.58. The van der Waals surface area contributed by atoms with Crippen molar-refractivity contribution in [2.45, 2.75) is 11.8 Å². The number of hydrogen-bond donors (Lipinski definition) is 1. The van der Waals surface area contributed by atoms with Crippen LogP contribution in [0.5, 0.6) is 5.75 Å². The molecule has 0 fully saturated rings. The van der Waals surface area contributed by atoms with E-state index in [4.69, 9.17) is 4.74 Å². The summed E-state index contributed by atoms with van der Waals surface area (Å²) in [6.45, 7) is 5.92. The molecule has 0 aromatic heterocycles. The average Bonchev–Trinajstić information content (AvgIpc) is 2.78. The van der Waals surface area contributed by atoms with Gasteiger partial charge in [0, 0.05) is 18.3 Å². The summed E-state index contributed by atoms with van der Waals surface area (Å²) in [5, 5.41) is 2.76. The Morgan fingerprint density at radius 3 is 2.39 bits per heavy atom. The number of nitrogens with one attached hydrogen (secondary N) is 1. The highest BCUT2D eigenvalue weighted by Gasteiger charge is 2.22. The largest absolute Gasteiger partial charge is 0.490 e. The summed E-state index contributed by atoms with van der Waals surface area (Å²) in [5.41, 5.74) is 2.39. The van der Waals surface area contributed by atoms with Crippen molar-refractivity contribution in [3.8, 4) is 5.75 Å². The van der Waals surface area contributed by atoms with E-state index in [1.165, 1.54) is 23.5 Å². The molecule has 0 saturated carbocycles. The lowest BCUT2D eigenvalue weighted by molar-refractivity contribution is 0.102. The van der Waals surface area contributed by atoms with Crippen LogP contribution in [0.3, 0.4) is 0 Å². The molecule has 0 aliphatic heterocycles. The number of sulfonamides is 1. The summed E-state index contributed by atoms with van der Waals surface area (Å²) in [6.07, 6.45) is 1.65. The summed E-state index contributed by atoms with van der Waals surface area (Å²) in [7, 11) is -2.33. The van der Waals surface area contributed by atoms with Crippen molar-refractivity contribution in [1.29, 1.82) is 0 Å². The van der Waals surface area contributed by atoms with Gasteiger partial charge in [-0.15, -0.1) is 0 Å². The van der Waals surface area contributed by atoms with Crippen LogP contribution in [0, 0.1) is 6.92 Å². The molecule has 7 heteroatoms. The highest BCUT2D eigenvalue weighted by Crippen LogP contribution is 2.23. The zero-order chi connectivity index (χ0) is 22.4. The number of carbonyl (C=O) groups excluding carboxylic acids is 1. The van der Waals surface area contributed by atoms with E-state index in [9.17, 15) is 13.2 Å². The number of hydrogen-bond acceptors (Lipinski definition) is 4. The SMILES string of the molecule is C=CCOc1ccc(NC(=O)c2cccc(S(=O)(=O)N(C)c3ccc(C)cc3)c2)cc1. The van der Waals surface area contributed by atoms with Gasteiger partial charge in [0.2, 0.25) is 0 Å². The standard InChI is InChI=1S/C24H24N2O4S/c1-4-16-30-22-14-10-20(11-15-22)25-24(27)19-6-5-7-23(17-19)31(28,29)26(3)21-12-8-18(2)9-13-21/h4-15,17H,1,16H2,2-3H3,(H,25,27). The smallest absolute Gasteiger partial charge is 0.264 e. The van der Waals surface area contributed by atoms with E-state index < -0.39 is 15.9 Å². The Morgan fingerprint density at radius 1 is 1.06 bits per heavy atom. The highest BCUT2D eigenvalue weighted by molar-refractivity contribution is 7.92. The van der Waals surface area contributed by atoms with Crippen LogP contribution in [0.15, 0.2) is 90.3 Å². The first kappa shape index (κ1) is 22.1. The molecule has 31 heavy (non-hydrogen) atoms. The van der Waals surface area contributed by atoms with Crippen molar-refractivity contribution < 1.29 is 17.9 Å². The summed E-state index contributed by atoms with van der Waals surface area (Å²) in [4.78, 5) is 12.7. The minimum absolute atomic E-state index is 0.0383. The van der Waals surface area contributed by atoms with Crippen molar-refractivity contribution in [3.63, 3.8) is 0 Å². The van der Waals surface area contributed by atoms with Gasteiger partial charge in [-0.2, -0.15) is 0 Å². The van der Waals surface area contributed by atoms with Crippen LogP contribution < -0.4 is 14.4 Å². The van der Waals surface area contributed by atoms with E-state index in [1.807, 2.05) is 19.1 Å². The van der Waals surface area contributed by atoms with Crippen LogP contribution in [0.1, 0.15) is 15.9 Å². The van der Waals surface area contributed by atoms with E-state index in [-0.39, 0.29) is 10.5 Å². The highest BCUT2D eigenvalue weighted by atomic mass is 32.2. The third-order valence-corrected chi connectivity index (χ3v) is 6.41. The first-order valence-electron chi connectivity index (χ1n) is 9.62. The Labute approximate surface area is 182 Å². The average molecular weight is 437 g/mol. The van der Waals surface area contributed by atoms with Gasteiger partial charge >= 0.3 is 0 Å². The Morgan fingerprint density at radius 2 is 1.74 bits per heavy atom. The van der Waals surface area contributed by atoms with Gasteiger partial charge in [0.1, 0.15) is 12.4 Å². The van der Waals surface area contributed by atoms with Gasteiger partial charge in [0.25, 0.3) is 15.9 Å². The molecule has 6 nitrogen and oxygen atoms in total. The molecule has 0 heterocycles. The maximum atomic E-state index is 13.0. The van der Waals surface area contributed by atoms with Crippen molar-refractivity contribution in [2.24, 2.45) is 0 Å². The third-order valence-electron chi connectivity index (χ3n) is 4.63. The first-order chi connectivity index (χ1) is 14.8. The number of anilines is 2. The van der Waals surface area contributed by atoms with Crippen LogP contribution in [-0.4, -0.2) is 28.0 Å². The fourth-order valence-corrected chi connectivity index (χ4v) is 4.08. The van der Waals surface area contributed by atoms with Gasteiger partial charge in [-0.1, -0.05) is 36.4 Å². The van der Waals surface area contributed by atoms with E-state index >= 15 is 0 Å². The minimum atomic E-state index is -3.82. The molecule has 3 aromatic carbocycles. The van der Waals surface area contributed by atoms with Crippen molar-refractivity contribution in [2.75, 3.05) is 23.3 Å². The van der Waals surface area contributed by atoms with Gasteiger partial charge < -0.3 is 10.1 Å². The van der Waals surface area contributed by atoms with Crippen LogP contribution in [0.25, 0.3) is 0 Å². The second-order valence-electron chi connectivity index (χ2n) is 6.91. The Bertz CT molecular complexity index is 1170. The fourth-order valence-electron chi connectivity index (χ4n) is 2.84. The molecule has 3 rings (SSSR count). The fraction of sp³-hybridized carbons (Fsp3) is 0.125. The first-order valence-corrected chi connectivity index (χ1v) is 11.1. The van der Waals surface area contributed by atoms with E-state index in [1.54, 1.807) is 54.6 Å². The molecular weight excluding hydrogens is 412 g/mol. The molecular formula is C24H24N2O4S. The Balaban J connectivity index is 1.77. The lowest BCUT2D eigenvalue weighted by Crippen LogP contribution is -2.26. The number of rotatable bonds is 8. The lowest BCUT2D eigenvalue weighted by Gasteiger charge is -2.20. The van der Waals surface area contributed by atoms with Crippen molar-refractivity contribution in [3.05, 3.63) is 96.6 Å². The molecule has 0 unspecified atom stereocenters. The monoisotopic (exact) mass is 436 g/mol. The molecule has 0 saturated heterocycles. The number of nitrogens with zero attached hydrogens (tertiary/aromatic N) is 1. The second-order valence-corrected chi connectivity index (χ2v) is 8.88. The van der Waals surface area contributed by atoms with E-state index in [0.29, 0.717) is 23.7 Å². The maximum absolute atomic E-state index is 13.0. The van der Waals surface area contributed by atoms with E-state index in [2.05, 4.69) is 11.9 Å². The van der Waals surface area contributed by atoms with Crippen molar-refractivity contribution >= 4 is 27.3 Å². The number of carbonyl (C=O) groups is 1. The van der Waals surface area contributed by atoms with Gasteiger partial charge in [-0.3, -0.25) is 9.10 Å². The zero-order valence-corrected chi connectivity index (χ0v) is 18.2. The number of benzene rings is 3. The van der Waals surface area contributed by atoms with Crippen LogP contribution in [0.4, 0.5) is 11.4 Å². The zero-order valence-electron chi connectivity index (χ0n) is 17.4. The summed E-state index contributed by atoms with van der Waals surface area (Å²) in [5.74, 6) is 0.250. The molecule has 0 aliphatic rings. The lowest BCUT2D eigenvalue weighted by atomic mass is 10.2. The van der Waals surface area contributed by atoms with Gasteiger partial charge in [-0.05, 0) is 61.5 Å². The Kier molecular flexibility index (Phi) is 6.77. The number of aryl methyl sites for hydroxylation is 1.